The molecule has 1 fully saturated rings. The molecule has 0 aliphatic carbocycles. The summed E-state index contributed by atoms with van der Waals surface area (Å²) in [6, 6.07) is 1.74. The molecule has 0 amide bonds. The average molecular weight is 326 g/mol. The second kappa shape index (κ2) is 5.90. The SMILES string of the molecule is O=S(=O)(c1ccc(F)c(C(F)(F)F)c1)N1CCCNCC1. The highest BCUT2D eigenvalue weighted by molar-refractivity contribution is 7.89. The molecule has 0 spiro atoms. The van der Waals surface area contributed by atoms with Crippen LogP contribution in [0.2, 0.25) is 0 Å². The molecule has 2 rings (SSSR count). The summed E-state index contributed by atoms with van der Waals surface area (Å²) < 4.78 is 77.0. The normalized spacial score (nSPS) is 18.5. The smallest absolute Gasteiger partial charge is 0.315 e. The van der Waals surface area contributed by atoms with E-state index in [2.05, 4.69) is 5.32 Å². The summed E-state index contributed by atoms with van der Waals surface area (Å²) in [5.41, 5.74) is -1.57. The van der Waals surface area contributed by atoms with Gasteiger partial charge in [0.05, 0.1) is 10.5 Å². The molecule has 0 bridgehead atoms. The maximum atomic E-state index is 13.2. The van der Waals surface area contributed by atoms with E-state index in [1.165, 1.54) is 0 Å². The second-order valence-corrected chi connectivity index (χ2v) is 6.58. The lowest BCUT2D eigenvalue weighted by Gasteiger charge is -2.20. The van der Waals surface area contributed by atoms with Crippen molar-refractivity contribution in [1.29, 1.82) is 0 Å². The Balaban J connectivity index is 2.40. The minimum Gasteiger partial charge on any atom is -0.315 e. The number of benzene rings is 1. The van der Waals surface area contributed by atoms with Gasteiger partial charge >= 0.3 is 6.18 Å². The molecule has 9 heteroatoms. The molecule has 118 valence electrons. The molecule has 1 aliphatic rings. The Bertz CT molecular complexity index is 608. The number of alkyl halides is 3. The molecule has 1 heterocycles. The van der Waals surface area contributed by atoms with Crippen LogP contribution in [0.3, 0.4) is 0 Å². The van der Waals surface area contributed by atoms with Crippen molar-refractivity contribution in [2.24, 2.45) is 0 Å². The lowest BCUT2D eigenvalue weighted by atomic mass is 10.2. The van der Waals surface area contributed by atoms with Crippen molar-refractivity contribution in [3.63, 3.8) is 0 Å². The van der Waals surface area contributed by atoms with Gasteiger partial charge in [0.25, 0.3) is 0 Å². The van der Waals surface area contributed by atoms with Crippen molar-refractivity contribution >= 4 is 10.0 Å². The molecule has 0 radical (unpaired) electrons. The van der Waals surface area contributed by atoms with Gasteiger partial charge in [0, 0.05) is 19.6 Å². The van der Waals surface area contributed by atoms with Crippen LogP contribution < -0.4 is 5.32 Å². The zero-order valence-electron chi connectivity index (χ0n) is 11.0. The number of hydrogen-bond donors (Lipinski definition) is 1. The maximum absolute atomic E-state index is 13.2. The zero-order valence-corrected chi connectivity index (χ0v) is 11.8. The second-order valence-electron chi connectivity index (χ2n) is 4.65. The van der Waals surface area contributed by atoms with Crippen molar-refractivity contribution in [1.82, 2.24) is 9.62 Å². The molecule has 1 aromatic rings. The number of nitrogens with zero attached hydrogens (tertiary/aromatic N) is 1. The standard InChI is InChI=1S/C12H14F4N2O2S/c13-11-3-2-9(8-10(11)12(14,15)16)21(19,20)18-6-1-4-17-5-7-18/h2-3,8,17H,1,4-7H2. The van der Waals surface area contributed by atoms with E-state index in [0.717, 1.165) is 10.4 Å². The van der Waals surface area contributed by atoms with E-state index in [0.29, 0.717) is 31.6 Å². The lowest BCUT2D eigenvalue weighted by Crippen LogP contribution is -2.34. The van der Waals surface area contributed by atoms with Gasteiger partial charge in [0.1, 0.15) is 5.82 Å². The average Bonchev–Trinajstić information content (AvgIpc) is 2.66. The van der Waals surface area contributed by atoms with E-state index >= 15 is 0 Å². The van der Waals surface area contributed by atoms with Gasteiger partial charge in [-0.15, -0.1) is 0 Å². The molecule has 21 heavy (non-hydrogen) atoms. The first-order chi connectivity index (χ1) is 9.73. The van der Waals surface area contributed by atoms with Crippen LogP contribution in [0.4, 0.5) is 17.6 Å². The fourth-order valence-corrected chi connectivity index (χ4v) is 3.60. The number of nitrogens with one attached hydrogen (secondary N) is 1. The quantitative estimate of drug-likeness (QED) is 0.844. The summed E-state index contributed by atoms with van der Waals surface area (Å²) in [6.45, 7) is 1.45. The van der Waals surface area contributed by atoms with Gasteiger partial charge in [-0.2, -0.15) is 17.5 Å². The highest BCUT2D eigenvalue weighted by Crippen LogP contribution is 2.33. The van der Waals surface area contributed by atoms with Gasteiger partial charge < -0.3 is 5.32 Å². The third-order valence-corrected chi connectivity index (χ3v) is 5.07. The van der Waals surface area contributed by atoms with Gasteiger partial charge in [-0.05, 0) is 31.2 Å². The largest absolute Gasteiger partial charge is 0.419 e. The molecular formula is C12H14F4N2O2S. The van der Waals surface area contributed by atoms with E-state index in [1.54, 1.807) is 0 Å². The number of sulfonamides is 1. The van der Waals surface area contributed by atoms with Crippen molar-refractivity contribution in [3.8, 4) is 0 Å². The first-order valence-electron chi connectivity index (χ1n) is 6.30. The fraction of sp³-hybridized carbons (Fsp3) is 0.500. The molecule has 1 aromatic carbocycles. The van der Waals surface area contributed by atoms with E-state index in [-0.39, 0.29) is 13.1 Å². The minimum absolute atomic E-state index is 0.168. The van der Waals surface area contributed by atoms with E-state index in [9.17, 15) is 26.0 Å². The molecular weight excluding hydrogens is 312 g/mol. The van der Waals surface area contributed by atoms with E-state index < -0.39 is 32.5 Å². The summed E-state index contributed by atoms with van der Waals surface area (Å²) in [5, 5.41) is 3.00. The Labute approximate surface area is 119 Å². The first-order valence-corrected chi connectivity index (χ1v) is 7.74. The highest BCUT2D eigenvalue weighted by atomic mass is 32.2. The predicted molar refractivity (Wildman–Crippen MR) is 67.6 cm³/mol. The van der Waals surface area contributed by atoms with Crippen LogP contribution in [-0.4, -0.2) is 38.9 Å². The van der Waals surface area contributed by atoms with Crippen molar-refractivity contribution in [3.05, 3.63) is 29.6 Å². The summed E-state index contributed by atoms with van der Waals surface area (Å²) in [6.07, 6.45) is -4.37. The Kier molecular flexibility index (Phi) is 4.54. The van der Waals surface area contributed by atoms with Gasteiger partial charge in [0.15, 0.2) is 0 Å². The van der Waals surface area contributed by atoms with Crippen LogP contribution in [-0.2, 0) is 16.2 Å². The zero-order chi connectivity index (χ0) is 15.7. The first kappa shape index (κ1) is 16.2. The summed E-state index contributed by atoms with van der Waals surface area (Å²) in [4.78, 5) is -0.543. The van der Waals surface area contributed by atoms with Crippen LogP contribution in [0.1, 0.15) is 12.0 Å². The lowest BCUT2D eigenvalue weighted by molar-refractivity contribution is -0.140. The molecule has 1 N–H and O–H groups in total. The third kappa shape index (κ3) is 3.53. The summed E-state index contributed by atoms with van der Waals surface area (Å²) in [5.74, 6) is -1.49. The molecule has 1 aliphatic heterocycles. The van der Waals surface area contributed by atoms with Gasteiger partial charge in [-0.3, -0.25) is 0 Å². The molecule has 0 saturated carbocycles. The van der Waals surface area contributed by atoms with Gasteiger partial charge in [-0.1, -0.05) is 0 Å². The Morgan fingerprint density at radius 3 is 2.52 bits per heavy atom. The fourth-order valence-electron chi connectivity index (χ4n) is 2.09. The molecule has 4 nitrogen and oxygen atoms in total. The van der Waals surface area contributed by atoms with Crippen molar-refractivity contribution < 1.29 is 26.0 Å². The Morgan fingerprint density at radius 1 is 1.14 bits per heavy atom. The van der Waals surface area contributed by atoms with Crippen LogP contribution in [0.25, 0.3) is 0 Å². The van der Waals surface area contributed by atoms with Crippen LogP contribution >= 0.6 is 0 Å². The summed E-state index contributed by atoms with van der Waals surface area (Å²) in [7, 11) is -4.06. The number of halogens is 4. The van der Waals surface area contributed by atoms with Crippen LogP contribution in [0.15, 0.2) is 23.1 Å². The molecule has 0 atom stereocenters. The summed E-state index contributed by atoms with van der Waals surface area (Å²) >= 11 is 0. The number of rotatable bonds is 2. The molecule has 0 unspecified atom stereocenters. The predicted octanol–water partition coefficient (Wildman–Crippen LogP) is 1.83. The van der Waals surface area contributed by atoms with E-state index in [4.69, 9.17) is 0 Å². The van der Waals surface area contributed by atoms with Crippen molar-refractivity contribution in [2.45, 2.75) is 17.5 Å². The van der Waals surface area contributed by atoms with Gasteiger partial charge in [-0.25, -0.2) is 12.8 Å². The minimum atomic E-state index is -4.93. The monoisotopic (exact) mass is 326 g/mol. The van der Waals surface area contributed by atoms with E-state index in [1.807, 2.05) is 0 Å². The van der Waals surface area contributed by atoms with Crippen LogP contribution in [0, 0.1) is 5.82 Å². The van der Waals surface area contributed by atoms with Crippen LogP contribution in [0.5, 0.6) is 0 Å². The highest BCUT2D eigenvalue weighted by Gasteiger charge is 2.36. The van der Waals surface area contributed by atoms with Gasteiger partial charge in [0.2, 0.25) is 10.0 Å². The Morgan fingerprint density at radius 2 is 1.86 bits per heavy atom. The molecule has 0 aromatic heterocycles. The number of hydrogen-bond acceptors (Lipinski definition) is 3. The van der Waals surface area contributed by atoms with Crippen molar-refractivity contribution in [2.75, 3.05) is 26.2 Å². The Hall–Kier alpha value is -1.19. The third-order valence-electron chi connectivity index (χ3n) is 3.18. The molecule has 1 saturated heterocycles. The maximum Gasteiger partial charge on any atom is 0.419 e. The topological polar surface area (TPSA) is 49.4 Å².